The van der Waals surface area contributed by atoms with Gasteiger partial charge >= 0.3 is 5.97 Å². The standard InChI is InChI=1S/C10H9N3O3S/c1-5-7(4-11-13-5)8(14)12-9-6(10(15)16)2-3-17-9/h2-4H,1H3,(H,11,13)(H,12,14)(H,15,16). The largest absolute Gasteiger partial charge is 0.478 e. The summed E-state index contributed by atoms with van der Waals surface area (Å²) in [5, 5.41) is 19.8. The van der Waals surface area contributed by atoms with Crippen LogP contribution in [0.1, 0.15) is 26.4 Å². The van der Waals surface area contributed by atoms with E-state index in [1.165, 1.54) is 23.6 Å². The van der Waals surface area contributed by atoms with Crippen LogP contribution in [0.2, 0.25) is 0 Å². The van der Waals surface area contributed by atoms with Gasteiger partial charge in [-0.1, -0.05) is 0 Å². The van der Waals surface area contributed by atoms with Gasteiger partial charge in [0.25, 0.3) is 5.91 Å². The lowest BCUT2D eigenvalue weighted by Gasteiger charge is -2.02. The zero-order valence-corrected chi connectivity index (χ0v) is 9.67. The van der Waals surface area contributed by atoms with Crippen LogP contribution in [0.5, 0.6) is 0 Å². The van der Waals surface area contributed by atoms with Crippen LogP contribution >= 0.6 is 11.3 Å². The zero-order chi connectivity index (χ0) is 12.4. The van der Waals surface area contributed by atoms with E-state index in [1.807, 2.05) is 0 Å². The molecule has 0 aliphatic heterocycles. The van der Waals surface area contributed by atoms with E-state index < -0.39 is 5.97 Å². The summed E-state index contributed by atoms with van der Waals surface area (Å²) < 4.78 is 0. The van der Waals surface area contributed by atoms with E-state index in [0.29, 0.717) is 16.3 Å². The van der Waals surface area contributed by atoms with Crippen LogP contribution in [0, 0.1) is 6.92 Å². The van der Waals surface area contributed by atoms with E-state index >= 15 is 0 Å². The molecule has 2 rings (SSSR count). The Hall–Kier alpha value is -2.15. The molecule has 17 heavy (non-hydrogen) atoms. The fraction of sp³-hybridized carbons (Fsp3) is 0.100. The topological polar surface area (TPSA) is 95.1 Å². The molecule has 1 amide bonds. The molecule has 0 aromatic carbocycles. The number of nitrogens with one attached hydrogen (secondary N) is 2. The van der Waals surface area contributed by atoms with Gasteiger partial charge in [0.1, 0.15) is 5.00 Å². The van der Waals surface area contributed by atoms with E-state index in [0.717, 1.165) is 0 Å². The van der Waals surface area contributed by atoms with Gasteiger partial charge < -0.3 is 10.4 Å². The van der Waals surface area contributed by atoms with Crippen LogP contribution < -0.4 is 5.32 Å². The summed E-state index contributed by atoms with van der Waals surface area (Å²) in [5.74, 6) is -1.44. The second kappa shape index (κ2) is 4.38. The van der Waals surface area contributed by atoms with Crippen molar-refractivity contribution in [2.45, 2.75) is 6.92 Å². The van der Waals surface area contributed by atoms with Crippen LogP contribution in [0.15, 0.2) is 17.6 Å². The maximum atomic E-state index is 11.8. The number of carbonyl (C=O) groups excluding carboxylic acids is 1. The van der Waals surface area contributed by atoms with Crippen molar-refractivity contribution in [2.24, 2.45) is 0 Å². The molecule has 2 heterocycles. The second-order valence-electron chi connectivity index (χ2n) is 3.33. The maximum Gasteiger partial charge on any atom is 0.338 e. The number of aryl methyl sites for hydroxylation is 1. The molecule has 0 aliphatic carbocycles. The van der Waals surface area contributed by atoms with E-state index in [4.69, 9.17) is 5.11 Å². The number of hydrogen-bond acceptors (Lipinski definition) is 4. The molecule has 0 saturated carbocycles. The molecule has 7 heteroatoms. The van der Waals surface area contributed by atoms with Crippen molar-refractivity contribution in [3.8, 4) is 0 Å². The van der Waals surface area contributed by atoms with Crippen LogP contribution in [-0.4, -0.2) is 27.2 Å². The molecule has 2 aromatic rings. The van der Waals surface area contributed by atoms with Crippen LogP contribution in [-0.2, 0) is 0 Å². The smallest absolute Gasteiger partial charge is 0.338 e. The van der Waals surface area contributed by atoms with Gasteiger partial charge in [-0.25, -0.2) is 4.79 Å². The Morgan fingerprint density at radius 3 is 2.82 bits per heavy atom. The predicted octanol–water partition coefficient (Wildman–Crippen LogP) is 1.73. The van der Waals surface area contributed by atoms with E-state index in [9.17, 15) is 9.59 Å². The third-order valence-corrected chi connectivity index (χ3v) is 3.03. The van der Waals surface area contributed by atoms with Gasteiger partial charge in [-0.3, -0.25) is 9.89 Å². The van der Waals surface area contributed by atoms with Crippen molar-refractivity contribution < 1.29 is 14.7 Å². The molecule has 3 N–H and O–H groups in total. The van der Waals surface area contributed by atoms with Crippen molar-refractivity contribution in [1.82, 2.24) is 10.2 Å². The molecule has 6 nitrogen and oxygen atoms in total. The van der Waals surface area contributed by atoms with Gasteiger partial charge in [-0.05, 0) is 18.4 Å². The van der Waals surface area contributed by atoms with Crippen molar-refractivity contribution >= 4 is 28.2 Å². The van der Waals surface area contributed by atoms with Crippen molar-refractivity contribution in [1.29, 1.82) is 0 Å². The number of thiophene rings is 1. The lowest BCUT2D eigenvalue weighted by Crippen LogP contribution is -2.13. The Morgan fingerprint density at radius 1 is 1.47 bits per heavy atom. The van der Waals surface area contributed by atoms with Crippen LogP contribution in [0.4, 0.5) is 5.00 Å². The summed E-state index contributed by atoms with van der Waals surface area (Å²) in [6.45, 7) is 1.72. The Morgan fingerprint density at radius 2 is 2.24 bits per heavy atom. The molecular weight excluding hydrogens is 242 g/mol. The molecule has 0 fully saturated rings. The third-order valence-electron chi connectivity index (χ3n) is 2.20. The first kappa shape index (κ1) is 11.3. The van der Waals surface area contributed by atoms with Gasteiger partial charge in [0.15, 0.2) is 0 Å². The van der Waals surface area contributed by atoms with E-state index in [-0.39, 0.29) is 11.5 Å². The molecule has 0 unspecified atom stereocenters. The number of hydrogen-bond donors (Lipinski definition) is 3. The fourth-order valence-electron chi connectivity index (χ4n) is 1.32. The number of rotatable bonds is 3. The van der Waals surface area contributed by atoms with E-state index in [2.05, 4.69) is 15.5 Å². The number of nitrogens with zero attached hydrogens (tertiary/aromatic N) is 1. The highest BCUT2D eigenvalue weighted by Gasteiger charge is 2.16. The maximum absolute atomic E-state index is 11.8. The Labute approximate surface area is 100 Å². The highest BCUT2D eigenvalue weighted by Crippen LogP contribution is 2.23. The molecule has 0 bridgehead atoms. The number of carboxylic acids is 1. The van der Waals surface area contributed by atoms with Crippen molar-refractivity contribution in [3.05, 3.63) is 34.5 Å². The number of amides is 1. The number of anilines is 1. The normalized spacial score (nSPS) is 10.2. The van der Waals surface area contributed by atoms with Crippen LogP contribution in [0.25, 0.3) is 0 Å². The lowest BCUT2D eigenvalue weighted by molar-refractivity contribution is 0.0698. The summed E-state index contributed by atoms with van der Waals surface area (Å²) in [5.41, 5.74) is 1.12. The summed E-state index contributed by atoms with van der Waals surface area (Å²) >= 11 is 1.17. The number of aromatic nitrogens is 2. The first-order valence-corrected chi connectivity index (χ1v) is 5.59. The third kappa shape index (κ3) is 2.18. The minimum atomic E-state index is -1.06. The molecule has 0 saturated heterocycles. The number of aromatic carboxylic acids is 1. The van der Waals surface area contributed by atoms with E-state index in [1.54, 1.807) is 12.3 Å². The number of carbonyl (C=O) groups is 2. The quantitative estimate of drug-likeness (QED) is 0.774. The van der Waals surface area contributed by atoms with Gasteiger partial charge in [0.05, 0.1) is 17.3 Å². The summed E-state index contributed by atoms with van der Waals surface area (Å²) in [4.78, 5) is 22.7. The van der Waals surface area contributed by atoms with Crippen molar-refractivity contribution in [3.63, 3.8) is 0 Å². The minimum absolute atomic E-state index is 0.0875. The average molecular weight is 251 g/mol. The Kier molecular flexibility index (Phi) is 2.92. The Balaban J connectivity index is 2.22. The lowest BCUT2D eigenvalue weighted by atomic mass is 10.2. The minimum Gasteiger partial charge on any atom is -0.478 e. The summed E-state index contributed by atoms with van der Waals surface area (Å²) in [6.07, 6.45) is 1.40. The molecule has 0 radical (unpaired) electrons. The predicted molar refractivity (Wildman–Crippen MR) is 62.6 cm³/mol. The monoisotopic (exact) mass is 251 g/mol. The highest BCUT2D eigenvalue weighted by atomic mass is 32.1. The number of aromatic amines is 1. The zero-order valence-electron chi connectivity index (χ0n) is 8.85. The first-order chi connectivity index (χ1) is 8.09. The molecule has 88 valence electrons. The SMILES string of the molecule is Cc1[nH]ncc1C(=O)Nc1sccc1C(=O)O. The average Bonchev–Trinajstić information content (AvgIpc) is 2.86. The Bertz CT molecular complexity index is 573. The fourth-order valence-corrected chi connectivity index (χ4v) is 2.10. The second-order valence-corrected chi connectivity index (χ2v) is 4.25. The van der Waals surface area contributed by atoms with Gasteiger partial charge in [0.2, 0.25) is 0 Å². The van der Waals surface area contributed by atoms with Gasteiger partial charge in [-0.15, -0.1) is 11.3 Å². The number of H-pyrrole nitrogens is 1. The number of carboxylic acid groups (broad SMARTS) is 1. The van der Waals surface area contributed by atoms with Gasteiger partial charge in [-0.2, -0.15) is 5.10 Å². The molecular formula is C10H9N3O3S. The van der Waals surface area contributed by atoms with Gasteiger partial charge in [0, 0.05) is 5.69 Å². The molecule has 2 aromatic heterocycles. The highest BCUT2D eigenvalue weighted by molar-refractivity contribution is 7.14. The summed E-state index contributed by atoms with van der Waals surface area (Å²) in [7, 11) is 0. The first-order valence-electron chi connectivity index (χ1n) is 4.71. The molecule has 0 spiro atoms. The molecule has 0 aliphatic rings. The van der Waals surface area contributed by atoms with Crippen molar-refractivity contribution in [2.75, 3.05) is 5.32 Å². The van der Waals surface area contributed by atoms with Crippen LogP contribution in [0.3, 0.4) is 0 Å². The summed E-state index contributed by atoms with van der Waals surface area (Å²) in [6, 6.07) is 1.45. The molecule has 0 atom stereocenters.